The second kappa shape index (κ2) is 8.73. The predicted molar refractivity (Wildman–Crippen MR) is 96.3 cm³/mol. The van der Waals surface area contributed by atoms with Crippen LogP contribution in [0.15, 0.2) is 42.5 Å². The van der Waals surface area contributed by atoms with Crippen molar-refractivity contribution in [3.05, 3.63) is 53.6 Å². The Kier molecular flexibility index (Phi) is 6.39. The number of methoxy groups -OCH3 is 2. The largest absolute Gasteiger partial charge is 0.493 e. The van der Waals surface area contributed by atoms with E-state index in [4.69, 9.17) is 15.2 Å². The molecule has 2 aromatic carbocycles. The van der Waals surface area contributed by atoms with Crippen LogP contribution >= 0.6 is 0 Å². The van der Waals surface area contributed by atoms with Crippen LogP contribution < -0.4 is 20.5 Å². The van der Waals surface area contributed by atoms with Gasteiger partial charge in [-0.05, 0) is 48.9 Å². The smallest absolute Gasteiger partial charge is 0.251 e. The van der Waals surface area contributed by atoms with Crippen molar-refractivity contribution >= 4 is 17.4 Å². The number of benzene rings is 2. The van der Waals surface area contributed by atoms with Crippen molar-refractivity contribution in [2.24, 2.45) is 0 Å². The van der Waals surface area contributed by atoms with Gasteiger partial charge in [0.25, 0.3) is 5.91 Å². The van der Waals surface area contributed by atoms with Crippen molar-refractivity contribution in [3.63, 3.8) is 0 Å². The Hall–Kier alpha value is -3.02. The first-order valence-electron chi connectivity index (χ1n) is 7.94. The highest BCUT2D eigenvalue weighted by molar-refractivity contribution is 5.97. The molecule has 0 fully saturated rings. The third-order valence-electron chi connectivity index (χ3n) is 3.74. The topological polar surface area (TPSA) is 90.7 Å². The Morgan fingerprint density at radius 2 is 1.60 bits per heavy atom. The van der Waals surface area contributed by atoms with E-state index < -0.39 is 0 Å². The number of ether oxygens (including phenoxy) is 2. The molecule has 6 heteroatoms. The highest BCUT2D eigenvalue weighted by Gasteiger charge is 2.11. The number of nitrogens with two attached hydrogens (primary N) is 1. The van der Waals surface area contributed by atoms with Gasteiger partial charge in [0.2, 0.25) is 0 Å². The Balaban J connectivity index is 1.82. The summed E-state index contributed by atoms with van der Waals surface area (Å²) in [6.07, 6.45) is 0.880. The zero-order valence-corrected chi connectivity index (χ0v) is 14.4. The number of anilines is 1. The average molecular weight is 342 g/mol. The minimum atomic E-state index is -0.182. The molecule has 0 aliphatic heterocycles. The van der Waals surface area contributed by atoms with Crippen LogP contribution in [0, 0.1) is 0 Å². The van der Waals surface area contributed by atoms with Crippen LogP contribution in [0.25, 0.3) is 0 Å². The van der Waals surface area contributed by atoms with Gasteiger partial charge in [0.1, 0.15) is 0 Å². The van der Waals surface area contributed by atoms with E-state index in [0.717, 1.165) is 0 Å². The first kappa shape index (κ1) is 18.3. The molecule has 1 amide bonds. The van der Waals surface area contributed by atoms with E-state index in [1.165, 1.54) is 7.11 Å². The van der Waals surface area contributed by atoms with Gasteiger partial charge >= 0.3 is 0 Å². The van der Waals surface area contributed by atoms with Gasteiger partial charge in [-0.1, -0.05) is 0 Å². The minimum Gasteiger partial charge on any atom is -0.493 e. The lowest BCUT2D eigenvalue weighted by molar-refractivity contribution is 0.0938. The number of hydrogen-bond acceptors (Lipinski definition) is 5. The summed E-state index contributed by atoms with van der Waals surface area (Å²) in [5, 5.41) is 2.79. The van der Waals surface area contributed by atoms with Crippen LogP contribution in [0.1, 0.15) is 33.6 Å². The lowest BCUT2D eigenvalue weighted by Gasteiger charge is -2.09. The third-order valence-corrected chi connectivity index (χ3v) is 3.74. The standard InChI is InChI=1S/C19H22N2O4/c1-24-17-10-7-14(12-18(17)25-2)16(22)4-3-11-21-19(23)13-5-8-15(20)9-6-13/h5-10,12H,3-4,11,20H2,1-2H3,(H,21,23). The molecule has 0 unspecified atom stereocenters. The van der Waals surface area contributed by atoms with Crippen LogP contribution in [-0.2, 0) is 0 Å². The molecule has 0 spiro atoms. The number of nitrogen functional groups attached to an aromatic ring is 1. The predicted octanol–water partition coefficient (Wildman–Crippen LogP) is 2.68. The molecule has 0 bridgehead atoms. The maximum atomic E-state index is 12.2. The van der Waals surface area contributed by atoms with E-state index in [1.54, 1.807) is 49.6 Å². The Labute approximate surface area is 146 Å². The molecule has 0 heterocycles. The molecule has 6 nitrogen and oxygen atoms in total. The minimum absolute atomic E-state index is 0.0114. The molecular weight excluding hydrogens is 320 g/mol. The molecule has 2 rings (SSSR count). The van der Waals surface area contributed by atoms with Crippen molar-refractivity contribution in [1.82, 2.24) is 5.32 Å². The van der Waals surface area contributed by atoms with Crippen molar-refractivity contribution in [2.45, 2.75) is 12.8 Å². The van der Waals surface area contributed by atoms with Crippen LogP contribution in [0.4, 0.5) is 5.69 Å². The van der Waals surface area contributed by atoms with E-state index >= 15 is 0 Å². The van der Waals surface area contributed by atoms with Crippen LogP contribution in [-0.4, -0.2) is 32.5 Å². The molecule has 132 valence electrons. The monoisotopic (exact) mass is 342 g/mol. The fourth-order valence-corrected chi connectivity index (χ4v) is 2.34. The number of carbonyl (C=O) groups excluding carboxylic acids is 2. The number of carbonyl (C=O) groups is 2. The first-order chi connectivity index (χ1) is 12.0. The lowest BCUT2D eigenvalue weighted by atomic mass is 10.1. The Morgan fingerprint density at radius 1 is 0.960 bits per heavy atom. The van der Waals surface area contributed by atoms with E-state index in [-0.39, 0.29) is 11.7 Å². The highest BCUT2D eigenvalue weighted by Crippen LogP contribution is 2.28. The maximum absolute atomic E-state index is 12.2. The van der Waals surface area contributed by atoms with Crippen molar-refractivity contribution in [2.75, 3.05) is 26.5 Å². The van der Waals surface area contributed by atoms with Gasteiger partial charge in [0.05, 0.1) is 14.2 Å². The number of Topliss-reactive ketones (excluding diaryl/α,β-unsaturated/α-hetero) is 1. The normalized spacial score (nSPS) is 10.2. The lowest BCUT2D eigenvalue weighted by Crippen LogP contribution is -2.24. The third kappa shape index (κ3) is 4.97. The molecule has 25 heavy (non-hydrogen) atoms. The summed E-state index contributed by atoms with van der Waals surface area (Å²) in [7, 11) is 3.07. The highest BCUT2D eigenvalue weighted by atomic mass is 16.5. The summed E-state index contributed by atoms with van der Waals surface area (Å²) in [6.45, 7) is 0.419. The summed E-state index contributed by atoms with van der Waals surface area (Å²) in [4.78, 5) is 24.2. The number of nitrogens with one attached hydrogen (secondary N) is 1. The molecule has 0 aliphatic carbocycles. The zero-order valence-electron chi connectivity index (χ0n) is 14.4. The number of amides is 1. The first-order valence-corrected chi connectivity index (χ1v) is 7.94. The number of rotatable bonds is 8. The fourth-order valence-electron chi connectivity index (χ4n) is 2.34. The van der Waals surface area contributed by atoms with E-state index in [1.807, 2.05) is 0 Å². The molecule has 0 saturated heterocycles. The van der Waals surface area contributed by atoms with Gasteiger partial charge in [-0.15, -0.1) is 0 Å². The van der Waals surface area contributed by atoms with E-state index in [0.29, 0.717) is 47.7 Å². The van der Waals surface area contributed by atoms with Gasteiger partial charge in [-0.2, -0.15) is 0 Å². The van der Waals surface area contributed by atoms with Crippen LogP contribution in [0.2, 0.25) is 0 Å². The zero-order chi connectivity index (χ0) is 18.2. The van der Waals surface area contributed by atoms with Gasteiger partial charge < -0.3 is 20.5 Å². The molecule has 0 atom stereocenters. The summed E-state index contributed by atoms with van der Waals surface area (Å²) in [6, 6.07) is 11.8. The molecule has 0 aromatic heterocycles. The van der Waals surface area contributed by atoms with Crippen LogP contribution in [0.3, 0.4) is 0 Å². The molecular formula is C19H22N2O4. The molecule has 0 radical (unpaired) electrons. The van der Waals surface area contributed by atoms with Crippen molar-refractivity contribution in [1.29, 1.82) is 0 Å². The quantitative estimate of drug-likeness (QED) is 0.437. The summed E-state index contributed by atoms with van der Waals surface area (Å²) in [5.41, 5.74) is 7.30. The van der Waals surface area contributed by atoms with Crippen molar-refractivity contribution < 1.29 is 19.1 Å². The second-order valence-corrected chi connectivity index (χ2v) is 5.47. The van der Waals surface area contributed by atoms with Gasteiger partial charge in [0, 0.05) is 29.8 Å². The van der Waals surface area contributed by atoms with E-state index in [2.05, 4.69) is 5.32 Å². The summed E-state index contributed by atoms with van der Waals surface area (Å²) >= 11 is 0. The molecule has 0 saturated carbocycles. The molecule has 2 aromatic rings. The molecule has 3 N–H and O–H groups in total. The summed E-state index contributed by atoms with van der Waals surface area (Å²) < 4.78 is 10.4. The SMILES string of the molecule is COc1ccc(C(=O)CCCNC(=O)c2ccc(N)cc2)cc1OC. The Bertz CT molecular complexity index is 742. The second-order valence-electron chi connectivity index (χ2n) is 5.47. The van der Waals surface area contributed by atoms with Gasteiger partial charge in [0.15, 0.2) is 17.3 Å². The van der Waals surface area contributed by atoms with Gasteiger partial charge in [-0.3, -0.25) is 9.59 Å². The molecule has 0 aliphatic rings. The number of ketones is 1. The maximum Gasteiger partial charge on any atom is 0.251 e. The fraction of sp³-hybridized carbons (Fsp3) is 0.263. The van der Waals surface area contributed by atoms with E-state index in [9.17, 15) is 9.59 Å². The van der Waals surface area contributed by atoms with Crippen molar-refractivity contribution in [3.8, 4) is 11.5 Å². The summed E-state index contributed by atoms with van der Waals surface area (Å²) in [5.74, 6) is 0.904. The average Bonchev–Trinajstić information content (AvgIpc) is 2.64. The Morgan fingerprint density at radius 3 is 2.24 bits per heavy atom. The van der Waals surface area contributed by atoms with Crippen LogP contribution in [0.5, 0.6) is 11.5 Å². The van der Waals surface area contributed by atoms with Gasteiger partial charge in [-0.25, -0.2) is 0 Å². The number of hydrogen-bond donors (Lipinski definition) is 2.